The fourth-order valence-corrected chi connectivity index (χ4v) is 4.08. The second kappa shape index (κ2) is 12.3. The predicted molar refractivity (Wildman–Crippen MR) is 134 cm³/mol. The number of oxime groups is 1. The number of carbonyl (C=O) groups is 3. The molecule has 2 amide bonds. The van der Waals surface area contributed by atoms with E-state index in [0.29, 0.717) is 43.9 Å². The van der Waals surface area contributed by atoms with E-state index in [1.807, 2.05) is 35.2 Å². The van der Waals surface area contributed by atoms with Crippen molar-refractivity contribution in [1.29, 1.82) is 0 Å². The fraction of sp³-hybridized carbons (Fsp3) is 0.385. The molecule has 1 unspecified atom stereocenters. The van der Waals surface area contributed by atoms with Gasteiger partial charge in [-0.05, 0) is 23.8 Å². The van der Waals surface area contributed by atoms with Crippen LogP contribution in [0.1, 0.15) is 25.3 Å². The van der Waals surface area contributed by atoms with Gasteiger partial charge in [-0.3, -0.25) is 9.69 Å². The van der Waals surface area contributed by atoms with Gasteiger partial charge in [0.1, 0.15) is 18.5 Å². The summed E-state index contributed by atoms with van der Waals surface area (Å²) in [4.78, 5) is 43.4. The van der Waals surface area contributed by atoms with E-state index in [-0.39, 0.29) is 25.6 Å². The van der Waals surface area contributed by atoms with Crippen LogP contribution in [0.3, 0.4) is 0 Å². The molecule has 196 valence electrons. The number of carbonyl (C=O) groups excluding carboxylic acids is 3. The zero-order valence-corrected chi connectivity index (χ0v) is 20.5. The standard InChI is InChI=1S/C26H29FN4O6/c1-18(32)28-14-22-15-31(26(34)36-22)21-7-8-24(23(27)13-21)30-11-9-20(10-12-30)29-37-25(33)17-35-16-19-5-3-2-4-6-19/h2-8,13,22H,9-12,14-17H2,1H3,(H,28,32). The molecule has 0 aliphatic carbocycles. The van der Waals surface area contributed by atoms with Gasteiger partial charge in [-0.1, -0.05) is 35.5 Å². The Morgan fingerprint density at radius 1 is 1.16 bits per heavy atom. The highest BCUT2D eigenvalue weighted by Gasteiger charge is 2.33. The normalized spacial score (nSPS) is 17.4. The first-order chi connectivity index (χ1) is 17.9. The monoisotopic (exact) mass is 512 g/mol. The van der Waals surface area contributed by atoms with Crippen molar-refractivity contribution in [3.63, 3.8) is 0 Å². The molecule has 37 heavy (non-hydrogen) atoms. The number of nitrogens with zero attached hydrogens (tertiary/aromatic N) is 3. The number of hydrogen-bond donors (Lipinski definition) is 1. The molecular weight excluding hydrogens is 483 g/mol. The number of nitrogens with one attached hydrogen (secondary N) is 1. The smallest absolute Gasteiger partial charge is 0.414 e. The van der Waals surface area contributed by atoms with Crippen molar-refractivity contribution in [2.45, 2.75) is 32.5 Å². The maximum atomic E-state index is 15.0. The Bertz CT molecular complexity index is 1150. The zero-order valence-electron chi connectivity index (χ0n) is 20.5. The van der Waals surface area contributed by atoms with E-state index in [1.165, 1.54) is 17.9 Å². The number of benzene rings is 2. The number of halogens is 1. The quantitative estimate of drug-likeness (QED) is 0.406. The molecule has 0 spiro atoms. The molecule has 4 rings (SSSR count). The number of piperidine rings is 1. The van der Waals surface area contributed by atoms with Crippen LogP contribution in [-0.2, 0) is 30.5 Å². The topological polar surface area (TPSA) is 110 Å². The van der Waals surface area contributed by atoms with E-state index < -0.39 is 24.0 Å². The second-order valence-electron chi connectivity index (χ2n) is 8.78. The molecular formula is C26H29FN4O6. The lowest BCUT2D eigenvalue weighted by Gasteiger charge is -2.30. The Hall–Kier alpha value is -3.99. The van der Waals surface area contributed by atoms with Gasteiger partial charge in [0.25, 0.3) is 0 Å². The summed E-state index contributed by atoms with van der Waals surface area (Å²) in [6, 6.07) is 14.1. The minimum Gasteiger partial charge on any atom is -0.442 e. The van der Waals surface area contributed by atoms with E-state index in [2.05, 4.69) is 10.5 Å². The average Bonchev–Trinajstić information content (AvgIpc) is 3.27. The SMILES string of the molecule is CC(=O)NCC1CN(c2ccc(N3CCC(=NOC(=O)COCc4ccccc4)CC3)c(F)c2)C(=O)O1. The summed E-state index contributed by atoms with van der Waals surface area (Å²) in [7, 11) is 0. The highest BCUT2D eigenvalue weighted by molar-refractivity contribution is 5.90. The van der Waals surface area contributed by atoms with Crippen LogP contribution >= 0.6 is 0 Å². The summed E-state index contributed by atoms with van der Waals surface area (Å²) in [5, 5.41) is 6.56. The molecule has 2 fully saturated rings. The van der Waals surface area contributed by atoms with E-state index in [4.69, 9.17) is 14.3 Å². The van der Waals surface area contributed by atoms with Crippen LogP contribution < -0.4 is 15.1 Å². The van der Waals surface area contributed by atoms with Crippen molar-refractivity contribution in [2.24, 2.45) is 5.16 Å². The molecule has 2 heterocycles. The first-order valence-corrected chi connectivity index (χ1v) is 12.0. The average molecular weight is 513 g/mol. The Labute approximate surface area is 213 Å². The van der Waals surface area contributed by atoms with Crippen LogP contribution in [0.15, 0.2) is 53.7 Å². The highest BCUT2D eigenvalue weighted by atomic mass is 19.1. The number of ether oxygens (including phenoxy) is 2. The summed E-state index contributed by atoms with van der Waals surface area (Å²) in [5.41, 5.74) is 2.48. The molecule has 0 bridgehead atoms. The molecule has 2 saturated heterocycles. The van der Waals surface area contributed by atoms with Crippen molar-refractivity contribution in [3.8, 4) is 0 Å². The van der Waals surface area contributed by atoms with Gasteiger partial charge in [-0.15, -0.1) is 0 Å². The summed E-state index contributed by atoms with van der Waals surface area (Å²) in [5.74, 6) is -1.25. The van der Waals surface area contributed by atoms with Crippen LogP contribution in [0, 0.1) is 5.82 Å². The molecule has 1 N–H and O–H groups in total. The van der Waals surface area contributed by atoms with Crippen molar-refractivity contribution < 1.29 is 33.1 Å². The van der Waals surface area contributed by atoms with Gasteiger partial charge in [0.2, 0.25) is 5.91 Å². The molecule has 2 aromatic rings. The van der Waals surface area contributed by atoms with Crippen LogP contribution in [0.5, 0.6) is 0 Å². The number of cyclic esters (lactones) is 1. The van der Waals surface area contributed by atoms with Gasteiger partial charge < -0.3 is 24.5 Å². The molecule has 1 atom stereocenters. The molecule has 2 aromatic carbocycles. The van der Waals surface area contributed by atoms with Crippen molar-refractivity contribution in [2.75, 3.05) is 42.6 Å². The highest BCUT2D eigenvalue weighted by Crippen LogP contribution is 2.29. The van der Waals surface area contributed by atoms with Crippen molar-refractivity contribution >= 4 is 35.1 Å². The first kappa shape index (κ1) is 26.1. The third-order valence-electron chi connectivity index (χ3n) is 5.99. The molecule has 10 nitrogen and oxygen atoms in total. The zero-order chi connectivity index (χ0) is 26.2. The van der Waals surface area contributed by atoms with Gasteiger partial charge in [-0.2, -0.15) is 0 Å². The van der Waals surface area contributed by atoms with Gasteiger partial charge >= 0.3 is 12.1 Å². The summed E-state index contributed by atoms with van der Waals surface area (Å²) < 4.78 is 25.6. The third-order valence-corrected chi connectivity index (χ3v) is 5.99. The maximum Gasteiger partial charge on any atom is 0.414 e. The molecule has 2 aliphatic rings. The number of amides is 2. The lowest BCUT2D eigenvalue weighted by atomic mass is 10.1. The van der Waals surface area contributed by atoms with Gasteiger partial charge in [-0.25, -0.2) is 14.0 Å². The maximum absolute atomic E-state index is 15.0. The Balaban J connectivity index is 1.24. The fourth-order valence-electron chi connectivity index (χ4n) is 4.08. The molecule has 0 aromatic heterocycles. The molecule has 0 radical (unpaired) electrons. The minimum absolute atomic E-state index is 0.200. The van der Waals surface area contributed by atoms with E-state index in [1.54, 1.807) is 12.1 Å². The van der Waals surface area contributed by atoms with E-state index in [0.717, 1.165) is 11.3 Å². The van der Waals surface area contributed by atoms with Gasteiger partial charge in [0.15, 0.2) is 0 Å². The molecule has 0 saturated carbocycles. The first-order valence-electron chi connectivity index (χ1n) is 12.0. The Morgan fingerprint density at radius 3 is 2.62 bits per heavy atom. The third kappa shape index (κ3) is 7.26. The molecule has 2 aliphatic heterocycles. The largest absolute Gasteiger partial charge is 0.442 e. The van der Waals surface area contributed by atoms with Crippen LogP contribution in [0.4, 0.5) is 20.6 Å². The van der Waals surface area contributed by atoms with Gasteiger partial charge in [0.05, 0.1) is 36.8 Å². The number of anilines is 2. The summed E-state index contributed by atoms with van der Waals surface area (Å²) in [6.45, 7) is 2.91. The van der Waals surface area contributed by atoms with Crippen LogP contribution in [0.25, 0.3) is 0 Å². The van der Waals surface area contributed by atoms with Crippen molar-refractivity contribution in [1.82, 2.24) is 5.32 Å². The number of rotatable bonds is 9. The van der Waals surface area contributed by atoms with Crippen LogP contribution in [0.2, 0.25) is 0 Å². The summed E-state index contributed by atoms with van der Waals surface area (Å²) in [6.07, 6.45) is -0.0459. The predicted octanol–water partition coefficient (Wildman–Crippen LogP) is 3.00. The lowest BCUT2D eigenvalue weighted by Crippen LogP contribution is -2.35. The van der Waals surface area contributed by atoms with Crippen molar-refractivity contribution in [3.05, 3.63) is 59.9 Å². The minimum atomic E-state index is -0.582. The van der Waals surface area contributed by atoms with Crippen LogP contribution in [-0.4, -0.2) is 62.6 Å². The molecule has 11 heteroatoms. The lowest BCUT2D eigenvalue weighted by molar-refractivity contribution is -0.149. The second-order valence-corrected chi connectivity index (χ2v) is 8.78. The summed E-state index contributed by atoms with van der Waals surface area (Å²) >= 11 is 0. The van der Waals surface area contributed by atoms with E-state index in [9.17, 15) is 18.8 Å². The Kier molecular flexibility index (Phi) is 8.68. The van der Waals surface area contributed by atoms with E-state index >= 15 is 0 Å². The van der Waals surface area contributed by atoms with Gasteiger partial charge in [0, 0.05) is 32.9 Å². The Morgan fingerprint density at radius 2 is 1.92 bits per heavy atom. The number of hydrogen-bond acceptors (Lipinski definition) is 8.